The fourth-order valence-electron chi connectivity index (χ4n) is 2.14. The van der Waals surface area contributed by atoms with Crippen molar-refractivity contribution in [2.75, 3.05) is 4.72 Å². The molecule has 7 heteroatoms. The molecule has 0 unspecified atom stereocenters. The molecule has 20 heavy (non-hydrogen) atoms. The van der Waals surface area contributed by atoms with E-state index in [-0.39, 0.29) is 29.0 Å². The lowest BCUT2D eigenvalue weighted by Gasteiger charge is -2.18. The predicted octanol–water partition coefficient (Wildman–Crippen LogP) is 2.48. The highest BCUT2D eigenvalue weighted by atomic mass is 32.2. The predicted molar refractivity (Wildman–Crippen MR) is 72.1 cm³/mol. The van der Waals surface area contributed by atoms with Crippen LogP contribution in [-0.4, -0.2) is 19.5 Å². The summed E-state index contributed by atoms with van der Waals surface area (Å²) in [6.07, 6.45) is 1.75. The number of carboxylic acids is 1. The van der Waals surface area contributed by atoms with E-state index in [4.69, 9.17) is 5.11 Å². The average Bonchev–Trinajstić information content (AvgIpc) is 2.41. The Hall–Kier alpha value is -1.89. The molecular weight excluding hydrogens is 285 g/mol. The van der Waals surface area contributed by atoms with Crippen molar-refractivity contribution in [3.05, 3.63) is 40.6 Å². The Morgan fingerprint density at radius 2 is 1.75 bits per heavy atom. The summed E-state index contributed by atoms with van der Waals surface area (Å²) in [6, 6.07) is 4.84. The largest absolute Gasteiger partial charge is 0.478 e. The molecule has 2 rings (SSSR count). The Morgan fingerprint density at radius 3 is 2.35 bits per heavy atom. The van der Waals surface area contributed by atoms with Gasteiger partial charge in [0.05, 0.1) is 10.5 Å². The molecule has 0 atom stereocenters. The van der Waals surface area contributed by atoms with Gasteiger partial charge in [-0.3, -0.25) is 4.72 Å². The molecule has 0 aliphatic heterocycles. The third-order valence-electron chi connectivity index (χ3n) is 3.10. The molecule has 0 spiro atoms. The highest BCUT2D eigenvalue weighted by molar-refractivity contribution is 7.96. The third-order valence-corrected chi connectivity index (χ3v) is 4.70. The van der Waals surface area contributed by atoms with Crippen LogP contribution < -0.4 is 4.72 Å². The number of carboxylic acid groups (broad SMARTS) is 1. The van der Waals surface area contributed by atoms with Crippen LogP contribution in [0.25, 0.3) is 0 Å². The maximum Gasteiger partial charge on any atom is 0.332 e. The summed E-state index contributed by atoms with van der Waals surface area (Å²) in [5, 5.41) is 9.07. The Bertz CT molecular complexity index is 649. The molecule has 0 heterocycles. The minimum absolute atomic E-state index is 0.0640. The van der Waals surface area contributed by atoms with Crippen LogP contribution in [0.5, 0.6) is 0 Å². The normalized spacial score (nSPS) is 16.1. The minimum atomic E-state index is -3.92. The van der Waals surface area contributed by atoms with Gasteiger partial charge in [-0.15, -0.1) is 0 Å². The fourth-order valence-corrected chi connectivity index (χ4v) is 3.63. The van der Waals surface area contributed by atoms with Gasteiger partial charge in [0.15, 0.2) is 0 Å². The summed E-state index contributed by atoms with van der Waals surface area (Å²) < 4.78 is 39.5. The van der Waals surface area contributed by atoms with Gasteiger partial charge in [0.25, 0.3) is 10.0 Å². The zero-order valence-corrected chi connectivity index (χ0v) is 11.4. The molecule has 0 radical (unpaired) electrons. The Morgan fingerprint density at radius 1 is 1.15 bits per heavy atom. The summed E-state index contributed by atoms with van der Waals surface area (Å²) >= 11 is 0. The lowest BCUT2D eigenvalue weighted by atomic mass is 9.99. The molecule has 0 saturated carbocycles. The number of nitrogens with one attached hydrogen (secondary N) is 1. The van der Waals surface area contributed by atoms with Gasteiger partial charge in [-0.1, -0.05) is 0 Å². The van der Waals surface area contributed by atoms with Gasteiger partial charge in [0.1, 0.15) is 5.82 Å². The van der Waals surface area contributed by atoms with Crippen LogP contribution in [0.3, 0.4) is 0 Å². The molecule has 1 aromatic rings. The van der Waals surface area contributed by atoms with Crippen molar-refractivity contribution in [3.63, 3.8) is 0 Å². The van der Waals surface area contributed by atoms with Gasteiger partial charge >= 0.3 is 5.97 Å². The molecule has 0 saturated heterocycles. The average molecular weight is 299 g/mol. The van der Waals surface area contributed by atoms with Gasteiger partial charge in [0, 0.05) is 5.69 Å². The van der Waals surface area contributed by atoms with E-state index in [9.17, 15) is 17.6 Å². The second kappa shape index (κ2) is 5.62. The number of aliphatic carboxylic acids is 1. The van der Waals surface area contributed by atoms with Gasteiger partial charge in [-0.2, -0.15) is 0 Å². The van der Waals surface area contributed by atoms with Crippen LogP contribution in [0.4, 0.5) is 10.1 Å². The molecule has 2 N–H and O–H groups in total. The first-order valence-electron chi connectivity index (χ1n) is 6.14. The van der Waals surface area contributed by atoms with Crippen molar-refractivity contribution < 1.29 is 22.7 Å². The molecule has 5 nitrogen and oxygen atoms in total. The highest BCUT2D eigenvalue weighted by Crippen LogP contribution is 2.29. The number of anilines is 1. The van der Waals surface area contributed by atoms with Crippen LogP contribution in [0.15, 0.2) is 34.7 Å². The van der Waals surface area contributed by atoms with Crippen LogP contribution in [0.2, 0.25) is 0 Å². The third kappa shape index (κ3) is 3.16. The van der Waals surface area contributed by atoms with Gasteiger partial charge in [0.2, 0.25) is 0 Å². The molecule has 0 amide bonds. The summed E-state index contributed by atoms with van der Waals surface area (Å²) in [7, 11) is -3.92. The highest BCUT2D eigenvalue weighted by Gasteiger charge is 2.28. The first kappa shape index (κ1) is 14.5. The van der Waals surface area contributed by atoms with E-state index in [1.54, 1.807) is 0 Å². The molecule has 1 aliphatic rings. The molecule has 0 aromatic heterocycles. The number of carbonyl (C=O) groups is 1. The summed E-state index contributed by atoms with van der Waals surface area (Å²) in [6.45, 7) is 0. The van der Waals surface area contributed by atoms with Crippen molar-refractivity contribution in [1.82, 2.24) is 0 Å². The maximum atomic E-state index is 12.8. The van der Waals surface area contributed by atoms with E-state index in [2.05, 4.69) is 4.72 Å². The van der Waals surface area contributed by atoms with Crippen molar-refractivity contribution in [2.45, 2.75) is 25.7 Å². The number of halogens is 1. The summed E-state index contributed by atoms with van der Waals surface area (Å²) in [5.41, 5.74) is 0.139. The Kier molecular flexibility index (Phi) is 4.08. The molecule has 1 aromatic carbocycles. The van der Waals surface area contributed by atoms with Gasteiger partial charge in [-0.05, 0) is 49.9 Å². The van der Waals surface area contributed by atoms with Crippen LogP contribution >= 0.6 is 0 Å². The number of hydrogen-bond acceptors (Lipinski definition) is 3. The first-order chi connectivity index (χ1) is 9.40. The lowest BCUT2D eigenvalue weighted by molar-refractivity contribution is -0.132. The second-order valence-corrected chi connectivity index (χ2v) is 6.23. The summed E-state index contributed by atoms with van der Waals surface area (Å²) in [4.78, 5) is 11.0. The minimum Gasteiger partial charge on any atom is -0.478 e. The number of rotatable bonds is 4. The van der Waals surface area contributed by atoms with Crippen LogP contribution in [0, 0.1) is 5.82 Å². The van der Waals surface area contributed by atoms with E-state index in [1.807, 2.05) is 0 Å². The van der Waals surface area contributed by atoms with E-state index in [1.165, 1.54) is 12.1 Å². The van der Waals surface area contributed by atoms with E-state index >= 15 is 0 Å². The Labute approximate surface area is 116 Å². The van der Waals surface area contributed by atoms with Crippen molar-refractivity contribution in [2.24, 2.45) is 0 Å². The quantitative estimate of drug-likeness (QED) is 0.894. The molecule has 0 bridgehead atoms. The Balaban J connectivity index is 2.33. The number of sulfonamides is 1. The second-order valence-electron chi connectivity index (χ2n) is 4.53. The first-order valence-corrected chi connectivity index (χ1v) is 7.62. The number of allylic oxidation sites excluding steroid dienone is 1. The van der Waals surface area contributed by atoms with Crippen molar-refractivity contribution in [1.29, 1.82) is 0 Å². The number of benzene rings is 1. The maximum absolute atomic E-state index is 12.8. The standard InChI is InChI=1S/C13H14FNO4S/c14-9-5-7-10(8-6-9)15-20(18,19)12-4-2-1-3-11(12)13(16)17/h5-8,15H,1-4H2,(H,16,17). The van der Waals surface area contributed by atoms with E-state index in [0.717, 1.165) is 12.1 Å². The van der Waals surface area contributed by atoms with E-state index < -0.39 is 21.8 Å². The molecule has 0 fully saturated rings. The summed E-state index contributed by atoms with van der Waals surface area (Å²) in [5.74, 6) is -1.68. The van der Waals surface area contributed by atoms with Crippen molar-refractivity contribution in [3.8, 4) is 0 Å². The SMILES string of the molecule is O=C(O)C1=C(S(=O)(=O)Nc2ccc(F)cc2)CCCC1. The fraction of sp³-hybridized carbons (Fsp3) is 0.308. The smallest absolute Gasteiger partial charge is 0.332 e. The monoisotopic (exact) mass is 299 g/mol. The van der Waals surface area contributed by atoms with Gasteiger partial charge in [-0.25, -0.2) is 17.6 Å². The number of hydrogen-bond donors (Lipinski definition) is 2. The molecule has 108 valence electrons. The van der Waals surface area contributed by atoms with Crippen molar-refractivity contribution >= 4 is 21.7 Å². The van der Waals surface area contributed by atoms with Crippen LogP contribution in [0.1, 0.15) is 25.7 Å². The topological polar surface area (TPSA) is 83.5 Å². The molecular formula is C13H14FNO4S. The molecule has 1 aliphatic carbocycles. The van der Waals surface area contributed by atoms with E-state index in [0.29, 0.717) is 12.8 Å². The van der Waals surface area contributed by atoms with Gasteiger partial charge < -0.3 is 5.11 Å². The zero-order valence-electron chi connectivity index (χ0n) is 10.6. The zero-order chi connectivity index (χ0) is 14.8. The lowest BCUT2D eigenvalue weighted by Crippen LogP contribution is -2.21. The van der Waals surface area contributed by atoms with Crippen LogP contribution in [-0.2, 0) is 14.8 Å².